The monoisotopic (exact) mass is 436 g/mol. The topological polar surface area (TPSA) is 22.4 Å². The highest BCUT2D eigenvalue weighted by Gasteiger charge is 2.20. The van der Waals surface area contributed by atoms with Crippen LogP contribution in [0.15, 0.2) is 87.8 Å². The number of fused-ring (bicyclic) bond motifs is 7. The first kappa shape index (κ1) is 16.4. The highest BCUT2D eigenvalue weighted by atomic mass is 79.9. The van der Waals surface area contributed by atoms with Crippen molar-refractivity contribution in [2.75, 3.05) is 0 Å². The number of furan rings is 1. The predicted octanol–water partition coefficient (Wildman–Crippen LogP) is 8.00. The summed E-state index contributed by atoms with van der Waals surface area (Å²) in [4.78, 5) is 3.77. The van der Waals surface area contributed by atoms with Gasteiger partial charge in [-0.2, -0.15) is 0 Å². The maximum absolute atomic E-state index is 7.68. The molecule has 0 aliphatic rings. The number of rotatable bonds is 1. The van der Waals surface area contributed by atoms with Gasteiger partial charge < -0.3 is 8.98 Å². The molecule has 0 aliphatic carbocycles. The minimum Gasteiger partial charge on any atom is -0.455 e. The van der Waals surface area contributed by atoms with Gasteiger partial charge in [-0.05, 0) is 46.3 Å². The second kappa shape index (κ2) is 5.97. The zero-order valence-corrected chi connectivity index (χ0v) is 16.8. The van der Waals surface area contributed by atoms with Crippen LogP contribution in [0, 0.1) is 6.57 Å². The average molecular weight is 437 g/mol. The number of hydrogen-bond donors (Lipinski definition) is 0. The van der Waals surface area contributed by atoms with Gasteiger partial charge >= 0.3 is 0 Å². The Morgan fingerprint density at radius 3 is 2.41 bits per heavy atom. The van der Waals surface area contributed by atoms with Gasteiger partial charge in [0, 0.05) is 20.6 Å². The lowest BCUT2D eigenvalue weighted by Gasteiger charge is -2.12. The zero-order chi connectivity index (χ0) is 19.5. The van der Waals surface area contributed by atoms with Crippen molar-refractivity contribution in [1.82, 2.24) is 4.57 Å². The third-order valence-electron chi connectivity index (χ3n) is 5.49. The molecule has 0 atom stereocenters. The summed E-state index contributed by atoms with van der Waals surface area (Å²) in [6.07, 6.45) is 0. The van der Waals surface area contributed by atoms with Crippen LogP contribution in [0.5, 0.6) is 0 Å². The largest absolute Gasteiger partial charge is 0.455 e. The molecule has 0 fully saturated rings. The van der Waals surface area contributed by atoms with Crippen LogP contribution in [0.2, 0.25) is 0 Å². The summed E-state index contributed by atoms with van der Waals surface area (Å²) in [5.74, 6) is 0. The van der Waals surface area contributed by atoms with Crippen molar-refractivity contribution in [3.05, 3.63) is 94.8 Å². The minimum absolute atomic E-state index is 0.603. The normalized spacial score (nSPS) is 11.6. The van der Waals surface area contributed by atoms with Crippen LogP contribution >= 0.6 is 15.9 Å². The highest BCUT2D eigenvalue weighted by molar-refractivity contribution is 9.10. The third-order valence-corrected chi connectivity index (χ3v) is 6.13. The number of halogens is 1. The van der Waals surface area contributed by atoms with E-state index < -0.39 is 0 Å². The van der Waals surface area contributed by atoms with Crippen molar-refractivity contribution in [3.8, 4) is 5.69 Å². The van der Waals surface area contributed by atoms with Gasteiger partial charge in [0.2, 0.25) is 5.69 Å². The lowest BCUT2D eigenvalue weighted by Crippen LogP contribution is -1.95. The van der Waals surface area contributed by atoms with Crippen LogP contribution in [0.1, 0.15) is 0 Å². The Bertz CT molecular complexity index is 1630. The Morgan fingerprint density at radius 1 is 0.759 bits per heavy atom. The predicted molar refractivity (Wildman–Crippen MR) is 122 cm³/mol. The number of aromatic nitrogens is 1. The molecule has 4 heteroatoms. The van der Waals surface area contributed by atoms with E-state index in [1.165, 1.54) is 0 Å². The van der Waals surface area contributed by atoms with Crippen molar-refractivity contribution in [3.63, 3.8) is 0 Å². The molecular weight excluding hydrogens is 424 g/mol. The van der Waals surface area contributed by atoms with Crippen LogP contribution in [0.4, 0.5) is 5.69 Å². The fraction of sp³-hybridized carbons (Fsp3) is 0. The van der Waals surface area contributed by atoms with Gasteiger partial charge in [-0.25, -0.2) is 4.85 Å². The molecule has 0 saturated carbocycles. The Kier molecular flexibility index (Phi) is 3.38. The van der Waals surface area contributed by atoms with E-state index in [0.717, 1.165) is 53.9 Å². The van der Waals surface area contributed by atoms with Crippen molar-refractivity contribution in [2.24, 2.45) is 0 Å². The van der Waals surface area contributed by atoms with E-state index >= 15 is 0 Å². The van der Waals surface area contributed by atoms with E-state index in [9.17, 15) is 0 Å². The van der Waals surface area contributed by atoms with Gasteiger partial charge in [0.05, 0.1) is 28.7 Å². The van der Waals surface area contributed by atoms with E-state index in [2.05, 4.69) is 55.7 Å². The van der Waals surface area contributed by atoms with Gasteiger partial charge in [-0.1, -0.05) is 48.5 Å². The van der Waals surface area contributed by atoms with Crippen LogP contribution in [0.3, 0.4) is 0 Å². The molecule has 0 spiro atoms. The van der Waals surface area contributed by atoms with Gasteiger partial charge in [0.25, 0.3) is 0 Å². The van der Waals surface area contributed by atoms with Crippen molar-refractivity contribution >= 4 is 65.4 Å². The maximum Gasteiger partial charge on any atom is 0.211 e. The summed E-state index contributed by atoms with van der Waals surface area (Å²) < 4.78 is 9.37. The van der Waals surface area contributed by atoms with Gasteiger partial charge in [0.15, 0.2) is 0 Å². The summed E-state index contributed by atoms with van der Waals surface area (Å²) in [6.45, 7) is 7.68. The Balaban J connectivity index is 1.89. The molecule has 0 aliphatic heterocycles. The quantitative estimate of drug-likeness (QED) is 0.239. The van der Waals surface area contributed by atoms with Crippen LogP contribution in [0.25, 0.3) is 54.3 Å². The molecule has 2 heterocycles. The molecule has 6 aromatic rings. The van der Waals surface area contributed by atoms with Gasteiger partial charge in [-0.15, -0.1) is 0 Å². The second-order valence-corrected chi connectivity index (χ2v) is 7.86. The van der Waals surface area contributed by atoms with E-state index in [1.54, 1.807) is 0 Å². The molecule has 29 heavy (non-hydrogen) atoms. The minimum atomic E-state index is 0.603. The summed E-state index contributed by atoms with van der Waals surface area (Å²) in [6, 6.07) is 26.4. The molecular formula is C25H13BrN2O. The second-order valence-electron chi connectivity index (χ2n) is 7.01. The van der Waals surface area contributed by atoms with Crippen molar-refractivity contribution < 1.29 is 4.42 Å². The summed E-state index contributed by atoms with van der Waals surface area (Å²) >= 11 is 3.67. The molecule has 0 saturated heterocycles. The van der Waals surface area contributed by atoms with Crippen LogP contribution in [-0.4, -0.2) is 4.57 Å². The molecule has 0 amide bonds. The first-order valence-corrected chi connectivity index (χ1v) is 10.1. The smallest absolute Gasteiger partial charge is 0.211 e. The van der Waals surface area contributed by atoms with Gasteiger partial charge in [0.1, 0.15) is 11.2 Å². The van der Waals surface area contributed by atoms with Gasteiger partial charge in [-0.3, -0.25) is 0 Å². The zero-order valence-electron chi connectivity index (χ0n) is 15.2. The van der Waals surface area contributed by atoms with Crippen LogP contribution < -0.4 is 0 Å². The molecule has 0 unspecified atom stereocenters. The summed E-state index contributed by atoms with van der Waals surface area (Å²) in [5, 5.41) is 4.40. The third kappa shape index (κ3) is 2.16. The molecule has 136 valence electrons. The maximum atomic E-state index is 7.68. The molecule has 6 rings (SSSR count). The van der Waals surface area contributed by atoms with Crippen molar-refractivity contribution in [2.45, 2.75) is 0 Å². The molecule has 0 bridgehead atoms. The highest BCUT2D eigenvalue weighted by Crippen LogP contribution is 2.43. The molecule has 2 aromatic heterocycles. The average Bonchev–Trinajstić information content (AvgIpc) is 3.29. The number of benzene rings is 4. The Labute approximate surface area is 174 Å². The number of nitrogens with zero attached hydrogens (tertiary/aromatic N) is 2. The van der Waals surface area contributed by atoms with E-state index in [-0.39, 0.29) is 0 Å². The fourth-order valence-corrected chi connectivity index (χ4v) is 4.82. The first-order chi connectivity index (χ1) is 14.3. The Morgan fingerprint density at radius 2 is 1.55 bits per heavy atom. The molecule has 3 nitrogen and oxygen atoms in total. The molecule has 0 N–H and O–H groups in total. The summed E-state index contributed by atoms with van der Waals surface area (Å²) in [7, 11) is 0. The standard InChI is InChI=1S/C25H13BrN2O/c1-27-19-10-6-9-18(26)24(19)28-20-11-4-2-8-17(20)23-21(28)14-13-16-15-7-3-5-12-22(15)29-25(16)23/h2-14H. The van der Waals surface area contributed by atoms with E-state index in [4.69, 9.17) is 11.0 Å². The van der Waals surface area contributed by atoms with Crippen molar-refractivity contribution in [1.29, 1.82) is 0 Å². The lowest BCUT2D eigenvalue weighted by molar-refractivity contribution is 0.673. The van der Waals surface area contributed by atoms with Crippen LogP contribution in [-0.2, 0) is 0 Å². The van der Waals surface area contributed by atoms with E-state index in [0.29, 0.717) is 5.69 Å². The number of hydrogen-bond acceptors (Lipinski definition) is 1. The molecule has 4 aromatic carbocycles. The number of para-hydroxylation sites is 3. The lowest BCUT2D eigenvalue weighted by atomic mass is 10.1. The Hall–Kier alpha value is -3.55. The first-order valence-electron chi connectivity index (χ1n) is 9.27. The molecule has 0 radical (unpaired) electrons. The SMILES string of the molecule is [C-]#[N+]c1cccc(Br)c1-n1c2ccccc2c2c3oc4ccccc4c3ccc21. The fourth-order valence-electron chi connectivity index (χ4n) is 4.29. The summed E-state index contributed by atoms with van der Waals surface area (Å²) in [5.41, 5.74) is 5.29. The van der Waals surface area contributed by atoms with E-state index in [1.807, 2.05) is 48.5 Å².